The van der Waals surface area contributed by atoms with Crippen LogP contribution in [-0.4, -0.2) is 33.3 Å². The second-order valence-electron chi connectivity index (χ2n) is 7.06. The number of phenolic OH excluding ortho intramolecular Hbond substituents is 1. The molecule has 0 radical (unpaired) electrons. The first-order valence-electron chi connectivity index (χ1n) is 9.09. The number of halogens is 2. The molecule has 140 valence electrons. The molecular formula is C21H21ClFN3O. The molecule has 1 saturated heterocycles. The van der Waals surface area contributed by atoms with Gasteiger partial charge in [0, 0.05) is 40.9 Å². The number of aromatic hydroxyl groups is 1. The van der Waals surface area contributed by atoms with Crippen LogP contribution in [0.5, 0.6) is 5.75 Å². The molecule has 0 bridgehead atoms. The van der Waals surface area contributed by atoms with Gasteiger partial charge in [-0.2, -0.15) is 5.10 Å². The van der Waals surface area contributed by atoms with Crippen LogP contribution in [0, 0.1) is 5.82 Å². The maximum atomic E-state index is 13.6. The molecule has 3 aromatic rings. The highest BCUT2D eigenvalue weighted by Crippen LogP contribution is 2.34. The van der Waals surface area contributed by atoms with E-state index in [0.717, 1.165) is 48.3 Å². The van der Waals surface area contributed by atoms with Crippen LogP contribution in [0.3, 0.4) is 0 Å². The molecule has 2 aromatic carbocycles. The van der Waals surface area contributed by atoms with Gasteiger partial charge in [-0.15, -0.1) is 0 Å². The quantitative estimate of drug-likeness (QED) is 0.667. The van der Waals surface area contributed by atoms with Crippen molar-refractivity contribution in [2.45, 2.75) is 25.3 Å². The van der Waals surface area contributed by atoms with Gasteiger partial charge in [0.1, 0.15) is 11.6 Å². The van der Waals surface area contributed by atoms with Crippen molar-refractivity contribution < 1.29 is 9.50 Å². The van der Waals surface area contributed by atoms with Gasteiger partial charge in [0.25, 0.3) is 0 Å². The molecule has 0 saturated carbocycles. The molecule has 1 aliphatic heterocycles. The summed E-state index contributed by atoms with van der Waals surface area (Å²) in [5.74, 6) is 0.297. The number of phenols is 1. The SMILES string of the molecule is Oc1ccc(Cl)cc1CN1CCC[C@@H](c2[nH]ncc2-c2cccc(F)c2)C1. The number of hydrogen-bond acceptors (Lipinski definition) is 3. The number of aromatic amines is 1. The van der Waals surface area contributed by atoms with E-state index in [1.165, 1.54) is 6.07 Å². The highest BCUT2D eigenvalue weighted by Gasteiger charge is 2.25. The maximum absolute atomic E-state index is 13.6. The van der Waals surface area contributed by atoms with E-state index in [2.05, 4.69) is 15.1 Å². The second kappa shape index (κ2) is 7.71. The highest BCUT2D eigenvalue weighted by molar-refractivity contribution is 6.30. The zero-order chi connectivity index (χ0) is 18.8. The molecule has 1 fully saturated rings. The Bertz CT molecular complexity index is 943. The Balaban J connectivity index is 1.54. The van der Waals surface area contributed by atoms with Gasteiger partial charge in [0.15, 0.2) is 0 Å². The molecule has 4 rings (SSSR count). The van der Waals surface area contributed by atoms with Crippen molar-refractivity contribution in [2.24, 2.45) is 0 Å². The number of H-pyrrole nitrogens is 1. The van der Waals surface area contributed by atoms with Gasteiger partial charge in [-0.05, 0) is 55.3 Å². The molecule has 0 spiro atoms. The van der Waals surface area contributed by atoms with Gasteiger partial charge in [-0.1, -0.05) is 23.7 Å². The summed E-state index contributed by atoms with van der Waals surface area (Å²) in [6.07, 6.45) is 3.86. The maximum Gasteiger partial charge on any atom is 0.123 e. The first kappa shape index (κ1) is 18.0. The Kier molecular flexibility index (Phi) is 5.14. The fourth-order valence-corrected chi connectivity index (χ4v) is 4.04. The average Bonchev–Trinajstić information content (AvgIpc) is 3.15. The summed E-state index contributed by atoms with van der Waals surface area (Å²) in [5, 5.41) is 18.1. The molecule has 1 atom stereocenters. The van der Waals surface area contributed by atoms with E-state index in [-0.39, 0.29) is 17.5 Å². The standard InChI is InChI=1S/C21H21ClFN3O/c22-17-6-7-20(27)16(9-17)13-26-8-2-4-15(12-26)21-19(11-24-25-21)14-3-1-5-18(23)10-14/h1,3,5-7,9-11,15,27H,2,4,8,12-13H2,(H,24,25)/t15-/m1/s1. The topological polar surface area (TPSA) is 52.1 Å². The van der Waals surface area contributed by atoms with Crippen molar-refractivity contribution in [3.8, 4) is 16.9 Å². The van der Waals surface area contributed by atoms with E-state index in [9.17, 15) is 9.50 Å². The van der Waals surface area contributed by atoms with Gasteiger partial charge >= 0.3 is 0 Å². The number of benzene rings is 2. The zero-order valence-corrected chi connectivity index (χ0v) is 15.6. The van der Waals surface area contributed by atoms with E-state index in [4.69, 9.17) is 11.6 Å². The Labute approximate surface area is 162 Å². The van der Waals surface area contributed by atoms with Crippen LogP contribution in [0.15, 0.2) is 48.7 Å². The lowest BCUT2D eigenvalue weighted by Crippen LogP contribution is -2.34. The van der Waals surface area contributed by atoms with E-state index < -0.39 is 0 Å². The number of nitrogens with one attached hydrogen (secondary N) is 1. The predicted molar refractivity (Wildman–Crippen MR) is 104 cm³/mol. The van der Waals surface area contributed by atoms with Crippen LogP contribution < -0.4 is 0 Å². The lowest BCUT2D eigenvalue weighted by Gasteiger charge is -2.33. The lowest BCUT2D eigenvalue weighted by molar-refractivity contribution is 0.197. The molecule has 2 N–H and O–H groups in total. The molecule has 2 heterocycles. The summed E-state index contributed by atoms with van der Waals surface area (Å²) in [7, 11) is 0. The summed E-state index contributed by atoms with van der Waals surface area (Å²) < 4.78 is 13.6. The van der Waals surface area contributed by atoms with Crippen LogP contribution in [0.2, 0.25) is 5.02 Å². The Morgan fingerprint density at radius 3 is 3.00 bits per heavy atom. The smallest absolute Gasteiger partial charge is 0.123 e. The van der Waals surface area contributed by atoms with E-state index >= 15 is 0 Å². The second-order valence-corrected chi connectivity index (χ2v) is 7.49. The third-order valence-corrected chi connectivity index (χ3v) is 5.39. The van der Waals surface area contributed by atoms with Gasteiger partial charge < -0.3 is 5.11 Å². The molecule has 0 amide bonds. The van der Waals surface area contributed by atoms with E-state index in [1.807, 2.05) is 12.1 Å². The number of hydrogen-bond donors (Lipinski definition) is 2. The summed E-state index contributed by atoms with van der Waals surface area (Å²) in [6, 6.07) is 11.8. The zero-order valence-electron chi connectivity index (χ0n) is 14.8. The normalized spacial score (nSPS) is 17.9. The molecule has 4 nitrogen and oxygen atoms in total. The van der Waals surface area contributed by atoms with Crippen molar-refractivity contribution in [1.82, 2.24) is 15.1 Å². The Morgan fingerprint density at radius 2 is 2.15 bits per heavy atom. The summed E-state index contributed by atoms with van der Waals surface area (Å²) >= 11 is 6.07. The minimum Gasteiger partial charge on any atom is -0.508 e. The molecule has 1 aromatic heterocycles. The van der Waals surface area contributed by atoms with Crippen molar-refractivity contribution >= 4 is 11.6 Å². The fraction of sp³-hybridized carbons (Fsp3) is 0.286. The van der Waals surface area contributed by atoms with Gasteiger partial charge in [0.05, 0.1) is 6.20 Å². The number of piperidine rings is 1. The number of aromatic nitrogens is 2. The third kappa shape index (κ3) is 3.99. The van der Waals surface area contributed by atoms with Gasteiger partial charge in [-0.3, -0.25) is 10.00 Å². The van der Waals surface area contributed by atoms with E-state index in [1.54, 1.807) is 30.5 Å². The van der Waals surface area contributed by atoms with Crippen LogP contribution in [0.25, 0.3) is 11.1 Å². The molecule has 27 heavy (non-hydrogen) atoms. The first-order valence-corrected chi connectivity index (χ1v) is 9.47. The Morgan fingerprint density at radius 1 is 1.26 bits per heavy atom. The first-order chi connectivity index (χ1) is 13.1. The van der Waals surface area contributed by atoms with Gasteiger partial charge in [0.2, 0.25) is 0 Å². The largest absolute Gasteiger partial charge is 0.508 e. The minimum absolute atomic E-state index is 0.249. The molecule has 0 unspecified atom stereocenters. The summed E-state index contributed by atoms with van der Waals surface area (Å²) in [5.41, 5.74) is 3.66. The lowest BCUT2D eigenvalue weighted by atomic mass is 9.90. The molecule has 6 heteroatoms. The van der Waals surface area contributed by atoms with Crippen LogP contribution in [-0.2, 0) is 6.54 Å². The molecular weight excluding hydrogens is 365 g/mol. The number of likely N-dealkylation sites (tertiary alicyclic amines) is 1. The van der Waals surface area contributed by atoms with Crippen LogP contribution >= 0.6 is 11.6 Å². The fourth-order valence-electron chi connectivity index (χ4n) is 3.85. The minimum atomic E-state index is -0.249. The van der Waals surface area contributed by atoms with Gasteiger partial charge in [-0.25, -0.2) is 4.39 Å². The van der Waals surface area contributed by atoms with Crippen LogP contribution in [0.1, 0.15) is 30.0 Å². The van der Waals surface area contributed by atoms with Crippen molar-refractivity contribution in [1.29, 1.82) is 0 Å². The number of rotatable bonds is 4. The monoisotopic (exact) mass is 385 g/mol. The van der Waals surface area contributed by atoms with Crippen molar-refractivity contribution in [3.63, 3.8) is 0 Å². The third-order valence-electron chi connectivity index (χ3n) is 5.15. The van der Waals surface area contributed by atoms with Crippen LogP contribution in [0.4, 0.5) is 4.39 Å². The number of nitrogens with zero attached hydrogens (tertiary/aromatic N) is 2. The summed E-state index contributed by atoms with van der Waals surface area (Å²) in [6.45, 7) is 2.45. The van der Waals surface area contributed by atoms with E-state index in [0.29, 0.717) is 11.6 Å². The summed E-state index contributed by atoms with van der Waals surface area (Å²) in [4.78, 5) is 2.32. The molecule has 0 aliphatic carbocycles. The highest BCUT2D eigenvalue weighted by atomic mass is 35.5. The average molecular weight is 386 g/mol. The van der Waals surface area contributed by atoms with Crippen molar-refractivity contribution in [2.75, 3.05) is 13.1 Å². The Hall–Kier alpha value is -2.37. The predicted octanol–water partition coefficient (Wildman–Crippen LogP) is 4.95. The molecule has 1 aliphatic rings. The van der Waals surface area contributed by atoms with Crippen molar-refractivity contribution in [3.05, 3.63) is 70.8 Å².